The van der Waals surface area contributed by atoms with Crippen LogP contribution in [-0.2, 0) is 4.79 Å². The van der Waals surface area contributed by atoms with Crippen molar-refractivity contribution in [1.29, 1.82) is 0 Å². The average molecular weight is 232 g/mol. The molecule has 0 saturated heterocycles. The molecule has 0 fully saturated rings. The zero-order valence-electron chi connectivity index (χ0n) is 9.45. The lowest BCUT2D eigenvalue weighted by atomic mass is 10.3. The van der Waals surface area contributed by atoms with Crippen LogP contribution >= 0.6 is 12.6 Å². The molecule has 0 unspecified atom stereocenters. The first kappa shape index (κ1) is 14.3. The molecule has 88 valence electrons. The Hall–Kier alpha value is -0.710. The first-order valence-electron chi connectivity index (χ1n) is 5.36. The Morgan fingerprint density at radius 1 is 1.20 bits per heavy atom. The molecule has 4 nitrogen and oxygen atoms in total. The number of thiol groups is 1. The molecule has 15 heavy (non-hydrogen) atoms. The van der Waals surface area contributed by atoms with Crippen LogP contribution in [0.1, 0.15) is 33.1 Å². The Kier molecular flexibility index (Phi) is 8.18. The minimum atomic E-state index is -0.389. The number of nitrogens with zero attached hydrogens (tertiary/aromatic N) is 1. The van der Waals surface area contributed by atoms with Gasteiger partial charge in [-0.05, 0) is 12.8 Å². The van der Waals surface area contributed by atoms with E-state index in [2.05, 4.69) is 17.9 Å². The van der Waals surface area contributed by atoms with Gasteiger partial charge in [0.05, 0.1) is 0 Å². The molecular formula is C10H20N2O2S. The van der Waals surface area contributed by atoms with E-state index in [0.29, 0.717) is 13.0 Å². The predicted octanol–water partition coefficient (Wildman–Crippen LogP) is 1.66. The highest BCUT2D eigenvalue weighted by Gasteiger charge is 2.10. The van der Waals surface area contributed by atoms with Gasteiger partial charge in [0.1, 0.15) is 0 Å². The molecule has 5 heteroatoms. The summed E-state index contributed by atoms with van der Waals surface area (Å²) in [6.07, 6.45) is 2.28. The lowest BCUT2D eigenvalue weighted by Gasteiger charge is -2.21. The lowest BCUT2D eigenvalue weighted by Crippen LogP contribution is -2.34. The van der Waals surface area contributed by atoms with Crippen molar-refractivity contribution < 1.29 is 9.59 Å². The van der Waals surface area contributed by atoms with Crippen LogP contribution in [-0.4, -0.2) is 35.7 Å². The highest BCUT2D eigenvalue weighted by atomic mass is 32.1. The van der Waals surface area contributed by atoms with Crippen LogP contribution in [0.25, 0.3) is 0 Å². The molecule has 1 N–H and O–H groups in total. The first-order valence-corrected chi connectivity index (χ1v) is 5.81. The molecule has 0 aromatic heterocycles. The van der Waals surface area contributed by atoms with Crippen molar-refractivity contribution in [1.82, 2.24) is 10.2 Å². The third-order valence-corrected chi connectivity index (χ3v) is 2.11. The summed E-state index contributed by atoms with van der Waals surface area (Å²) in [4.78, 5) is 24.0. The topological polar surface area (TPSA) is 49.4 Å². The number of hydrogen-bond acceptors (Lipinski definition) is 2. The third-order valence-electron chi connectivity index (χ3n) is 1.95. The van der Waals surface area contributed by atoms with Crippen molar-refractivity contribution in [2.75, 3.05) is 19.6 Å². The molecule has 0 aliphatic carbocycles. The fraction of sp³-hybridized carbons (Fsp3) is 0.800. The standard InChI is InChI=1S/C10H20N2O2S/c1-3-7-12(8-4-2)9(13)5-6-11-10(14)15/h3-8H2,1-2H3,(H2,11,14,15). The second-order valence-corrected chi connectivity index (χ2v) is 3.77. The number of rotatable bonds is 7. The Morgan fingerprint density at radius 3 is 2.13 bits per heavy atom. The van der Waals surface area contributed by atoms with Gasteiger partial charge in [0, 0.05) is 26.1 Å². The number of hydrogen-bond donors (Lipinski definition) is 2. The van der Waals surface area contributed by atoms with Crippen molar-refractivity contribution in [2.24, 2.45) is 0 Å². The van der Waals surface area contributed by atoms with Gasteiger partial charge in [-0.1, -0.05) is 26.5 Å². The van der Waals surface area contributed by atoms with Gasteiger partial charge in [-0.25, -0.2) is 0 Å². The summed E-state index contributed by atoms with van der Waals surface area (Å²) < 4.78 is 0. The zero-order chi connectivity index (χ0) is 11.7. The monoisotopic (exact) mass is 232 g/mol. The maximum absolute atomic E-state index is 11.7. The highest BCUT2D eigenvalue weighted by Crippen LogP contribution is 1.98. The summed E-state index contributed by atoms with van der Waals surface area (Å²) in [5, 5.41) is 2.10. The Morgan fingerprint density at radius 2 is 1.73 bits per heavy atom. The largest absolute Gasteiger partial charge is 0.347 e. The fourth-order valence-corrected chi connectivity index (χ4v) is 1.45. The van der Waals surface area contributed by atoms with E-state index in [0.717, 1.165) is 25.9 Å². The van der Waals surface area contributed by atoms with E-state index in [1.54, 1.807) is 0 Å². The Labute approximate surface area is 96.8 Å². The van der Waals surface area contributed by atoms with E-state index in [1.165, 1.54) is 0 Å². The molecule has 0 heterocycles. The molecule has 0 spiro atoms. The molecule has 0 aromatic carbocycles. The second kappa shape index (κ2) is 8.59. The number of amides is 2. The molecule has 2 amide bonds. The normalized spacial score (nSPS) is 9.80. The van der Waals surface area contributed by atoms with Gasteiger partial charge in [-0.3, -0.25) is 9.59 Å². The molecule has 0 aromatic rings. The van der Waals surface area contributed by atoms with Crippen LogP contribution in [0.3, 0.4) is 0 Å². The zero-order valence-corrected chi connectivity index (χ0v) is 10.3. The smallest absolute Gasteiger partial charge is 0.275 e. The quantitative estimate of drug-likeness (QED) is 0.656. The van der Waals surface area contributed by atoms with Gasteiger partial charge >= 0.3 is 0 Å². The lowest BCUT2D eigenvalue weighted by molar-refractivity contribution is -0.131. The summed E-state index contributed by atoms with van der Waals surface area (Å²) in [6, 6.07) is 0. The number of carbonyl (C=O) groups excluding carboxylic acids is 2. The molecule has 0 bridgehead atoms. The second-order valence-electron chi connectivity index (χ2n) is 3.36. The van der Waals surface area contributed by atoms with E-state index >= 15 is 0 Å². The first-order chi connectivity index (χ1) is 7.11. The molecule has 0 aliphatic heterocycles. The van der Waals surface area contributed by atoms with Crippen molar-refractivity contribution in [3.8, 4) is 0 Å². The van der Waals surface area contributed by atoms with Crippen LogP contribution < -0.4 is 5.32 Å². The van der Waals surface area contributed by atoms with Crippen LogP contribution in [0.15, 0.2) is 0 Å². The third kappa shape index (κ3) is 7.25. The molecule has 0 radical (unpaired) electrons. The summed E-state index contributed by atoms with van der Waals surface area (Å²) in [7, 11) is 0. The molecule has 0 atom stereocenters. The van der Waals surface area contributed by atoms with E-state index < -0.39 is 0 Å². The van der Waals surface area contributed by atoms with Gasteiger partial charge in [0.25, 0.3) is 5.24 Å². The number of carbonyl (C=O) groups is 2. The van der Waals surface area contributed by atoms with Crippen molar-refractivity contribution >= 4 is 23.8 Å². The van der Waals surface area contributed by atoms with E-state index in [1.807, 2.05) is 18.7 Å². The highest BCUT2D eigenvalue weighted by molar-refractivity contribution is 7.96. The minimum Gasteiger partial charge on any atom is -0.347 e. The van der Waals surface area contributed by atoms with Crippen LogP contribution in [0, 0.1) is 0 Å². The maximum atomic E-state index is 11.7. The SMILES string of the molecule is CCCN(CCC)C(=O)CCNC(=O)S. The van der Waals surface area contributed by atoms with Crippen molar-refractivity contribution in [3.63, 3.8) is 0 Å². The van der Waals surface area contributed by atoms with Gasteiger partial charge in [-0.2, -0.15) is 0 Å². The van der Waals surface area contributed by atoms with Crippen molar-refractivity contribution in [2.45, 2.75) is 33.1 Å². The summed E-state index contributed by atoms with van der Waals surface area (Å²) in [5.41, 5.74) is 0. The summed E-state index contributed by atoms with van der Waals surface area (Å²) in [5.74, 6) is 0.0979. The van der Waals surface area contributed by atoms with Crippen LogP contribution in [0.2, 0.25) is 0 Å². The molecular weight excluding hydrogens is 212 g/mol. The minimum absolute atomic E-state index is 0.0979. The van der Waals surface area contributed by atoms with Crippen molar-refractivity contribution in [3.05, 3.63) is 0 Å². The van der Waals surface area contributed by atoms with Gasteiger partial charge in [0.15, 0.2) is 0 Å². The molecule has 0 aliphatic rings. The van der Waals surface area contributed by atoms with E-state index in [9.17, 15) is 9.59 Å². The fourth-order valence-electron chi connectivity index (χ4n) is 1.34. The van der Waals surface area contributed by atoms with E-state index in [-0.39, 0.29) is 11.1 Å². The van der Waals surface area contributed by atoms with Gasteiger partial charge < -0.3 is 10.2 Å². The maximum Gasteiger partial charge on any atom is 0.275 e. The van der Waals surface area contributed by atoms with Crippen LogP contribution in [0.5, 0.6) is 0 Å². The molecule has 0 saturated carbocycles. The number of nitrogens with one attached hydrogen (secondary N) is 1. The Bertz CT molecular complexity index is 204. The van der Waals surface area contributed by atoms with E-state index in [4.69, 9.17) is 0 Å². The predicted molar refractivity (Wildman–Crippen MR) is 64.2 cm³/mol. The van der Waals surface area contributed by atoms with Gasteiger partial charge in [-0.15, -0.1) is 0 Å². The Balaban J connectivity index is 3.85. The summed E-state index contributed by atoms with van der Waals surface area (Å²) in [6.45, 7) is 6.05. The average Bonchev–Trinajstić information content (AvgIpc) is 2.16. The molecule has 0 rings (SSSR count). The van der Waals surface area contributed by atoms with Crippen LogP contribution in [0.4, 0.5) is 4.79 Å². The van der Waals surface area contributed by atoms with Gasteiger partial charge in [0.2, 0.25) is 5.91 Å². The summed E-state index contributed by atoms with van der Waals surface area (Å²) >= 11 is 3.56.